The summed E-state index contributed by atoms with van der Waals surface area (Å²) in [5, 5.41) is 3.10. The van der Waals surface area contributed by atoms with Gasteiger partial charge in [-0.3, -0.25) is 9.59 Å². The average molecular weight is 536 g/mol. The molecular formula is C22H22BrN3O4S2. The highest BCUT2D eigenvalue weighted by Crippen LogP contribution is 2.20. The maximum atomic E-state index is 12.7. The smallest absolute Gasteiger partial charge is 0.270 e. The molecule has 0 spiro atoms. The minimum atomic E-state index is -4.00. The van der Waals surface area contributed by atoms with E-state index in [1.807, 2.05) is 37.3 Å². The third kappa shape index (κ3) is 6.54. The fourth-order valence-electron chi connectivity index (χ4n) is 2.92. The highest BCUT2D eigenvalue weighted by Gasteiger charge is 2.22. The number of rotatable bonds is 9. The molecule has 0 aliphatic rings. The first kappa shape index (κ1) is 24.2. The number of hydrogen-bond acceptors (Lipinski definition) is 6. The van der Waals surface area contributed by atoms with E-state index in [-0.39, 0.29) is 27.8 Å². The summed E-state index contributed by atoms with van der Waals surface area (Å²) >= 11 is 4.28. The molecule has 0 bridgehead atoms. The van der Waals surface area contributed by atoms with Crippen LogP contribution in [0.2, 0.25) is 0 Å². The summed E-state index contributed by atoms with van der Waals surface area (Å²) in [6.07, 6.45) is 2.69. The van der Waals surface area contributed by atoms with Crippen molar-refractivity contribution in [2.45, 2.75) is 40.8 Å². The standard InChI is InChI=1S/C22H22BrN3O4S2/c1-15(7-8-16-5-3-2-4-6-16)25-20(27)14-31-22-24-13-19(21(28)26-22)32(29,30)18-11-9-17(23)10-12-18/h2-6,9-13,15H,7-8,14H2,1H3,(H,25,27)(H,24,26,28)/t15-/m0/s1. The number of nitrogens with zero attached hydrogens (tertiary/aromatic N) is 1. The molecule has 3 aromatic rings. The summed E-state index contributed by atoms with van der Waals surface area (Å²) in [5.41, 5.74) is 0.435. The van der Waals surface area contributed by atoms with E-state index in [1.54, 1.807) is 12.1 Å². The van der Waals surface area contributed by atoms with E-state index in [4.69, 9.17) is 0 Å². The van der Waals surface area contributed by atoms with Crippen LogP contribution in [0.4, 0.5) is 0 Å². The van der Waals surface area contributed by atoms with Crippen LogP contribution < -0.4 is 10.9 Å². The Kier molecular flexibility index (Phi) is 8.27. The number of amides is 1. The Morgan fingerprint density at radius 2 is 1.84 bits per heavy atom. The molecule has 0 radical (unpaired) electrons. The highest BCUT2D eigenvalue weighted by atomic mass is 79.9. The molecule has 32 heavy (non-hydrogen) atoms. The lowest BCUT2D eigenvalue weighted by Crippen LogP contribution is -2.34. The molecule has 1 amide bonds. The van der Waals surface area contributed by atoms with Crippen molar-refractivity contribution < 1.29 is 13.2 Å². The van der Waals surface area contributed by atoms with Gasteiger partial charge in [-0.25, -0.2) is 13.4 Å². The third-order valence-corrected chi connectivity index (χ3v) is 7.79. The van der Waals surface area contributed by atoms with Crippen LogP contribution in [0, 0.1) is 0 Å². The molecule has 7 nitrogen and oxygen atoms in total. The first-order valence-electron chi connectivity index (χ1n) is 9.82. The lowest BCUT2D eigenvalue weighted by atomic mass is 10.1. The average Bonchev–Trinajstić information content (AvgIpc) is 2.77. The number of H-pyrrole nitrogens is 1. The van der Waals surface area contributed by atoms with Crippen LogP contribution >= 0.6 is 27.7 Å². The number of aromatic nitrogens is 2. The van der Waals surface area contributed by atoms with Crippen molar-refractivity contribution >= 4 is 43.4 Å². The summed E-state index contributed by atoms with van der Waals surface area (Å²) < 4.78 is 26.1. The van der Waals surface area contributed by atoms with Crippen LogP contribution in [-0.4, -0.2) is 36.1 Å². The van der Waals surface area contributed by atoms with E-state index < -0.39 is 20.3 Å². The number of benzene rings is 2. The summed E-state index contributed by atoms with van der Waals surface area (Å²) in [6.45, 7) is 1.94. The molecule has 2 N–H and O–H groups in total. The molecule has 10 heteroatoms. The molecule has 0 saturated carbocycles. The number of halogens is 1. The minimum Gasteiger partial charge on any atom is -0.353 e. The lowest BCUT2D eigenvalue weighted by Gasteiger charge is -2.13. The maximum absolute atomic E-state index is 12.7. The Morgan fingerprint density at radius 1 is 1.16 bits per heavy atom. The Labute approximate surface area is 199 Å². The van der Waals surface area contributed by atoms with Crippen LogP contribution in [0.1, 0.15) is 18.9 Å². The first-order chi connectivity index (χ1) is 15.3. The number of hydrogen-bond donors (Lipinski definition) is 2. The Bertz CT molecular complexity index is 1230. The Morgan fingerprint density at radius 3 is 2.50 bits per heavy atom. The number of nitrogens with one attached hydrogen (secondary N) is 2. The normalized spacial score (nSPS) is 12.3. The molecule has 0 fully saturated rings. The topological polar surface area (TPSA) is 109 Å². The third-order valence-electron chi connectivity index (χ3n) is 4.61. The highest BCUT2D eigenvalue weighted by molar-refractivity contribution is 9.10. The van der Waals surface area contributed by atoms with Gasteiger partial charge < -0.3 is 10.3 Å². The van der Waals surface area contributed by atoms with Gasteiger partial charge in [-0.15, -0.1) is 0 Å². The fraction of sp³-hybridized carbons (Fsp3) is 0.227. The van der Waals surface area contributed by atoms with Gasteiger partial charge in [0.1, 0.15) is 0 Å². The van der Waals surface area contributed by atoms with Gasteiger partial charge in [-0.05, 0) is 49.6 Å². The second-order valence-corrected chi connectivity index (χ2v) is 10.9. The predicted molar refractivity (Wildman–Crippen MR) is 128 cm³/mol. The number of aryl methyl sites for hydroxylation is 1. The van der Waals surface area contributed by atoms with Gasteiger partial charge in [-0.1, -0.05) is 58.0 Å². The van der Waals surface area contributed by atoms with Crippen LogP contribution in [0.5, 0.6) is 0 Å². The molecule has 0 saturated heterocycles. The van der Waals surface area contributed by atoms with Gasteiger partial charge >= 0.3 is 0 Å². The minimum absolute atomic E-state index is 0.00253. The molecule has 0 aliphatic heterocycles. The van der Waals surface area contributed by atoms with Crippen LogP contribution in [0.15, 0.2) is 85.0 Å². The van der Waals surface area contributed by atoms with Crippen molar-refractivity contribution in [1.29, 1.82) is 0 Å². The number of sulfone groups is 1. The second-order valence-electron chi connectivity index (χ2n) is 7.12. The predicted octanol–water partition coefficient (Wildman–Crippen LogP) is 3.59. The number of aromatic amines is 1. The van der Waals surface area contributed by atoms with Crippen LogP contribution in [0.25, 0.3) is 0 Å². The van der Waals surface area contributed by atoms with Crippen molar-refractivity contribution in [2.75, 3.05) is 5.75 Å². The zero-order valence-corrected chi connectivity index (χ0v) is 20.5. The monoisotopic (exact) mass is 535 g/mol. The Hall–Kier alpha value is -2.43. The largest absolute Gasteiger partial charge is 0.353 e. The maximum Gasteiger partial charge on any atom is 0.270 e. The van der Waals surface area contributed by atoms with Gasteiger partial charge in [0, 0.05) is 10.5 Å². The van der Waals surface area contributed by atoms with Gasteiger partial charge in [0.25, 0.3) is 5.56 Å². The van der Waals surface area contributed by atoms with Crippen LogP contribution in [0.3, 0.4) is 0 Å². The number of thioether (sulfide) groups is 1. The van der Waals surface area contributed by atoms with Crippen molar-refractivity contribution in [3.8, 4) is 0 Å². The lowest BCUT2D eigenvalue weighted by molar-refractivity contribution is -0.119. The fourth-order valence-corrected chi connectivity index (χ4v) is 5.07. The van der Waals surface area contributed by atoms with Gasteiger partial charge in [0.2, 0.25) is 15.7 Å². The van der Waals surface area contributed by atoms with E-state index in [0.717, 1.165) is 35.3 Å². The van der Waals surface area contributed by atoms with Crippen molar-refractivity contribution in [3.63, 3.8) is 0 Å². The van der Waals surface area contributed by atoms with E-state index >= 15 is 0 Å². The van der Waals surface area contributed by atoms with E-state index in [9.17, 15) is 18.0 Å². The molecule has 1 heterocycles. The zero-order chi connectivity index (χ0) is 23.1. The molecule has 1 aromatic heterocycles. The van der Waals surface area contributed by atoms with E-state index in [2.05, 4.69) is 31.2 Å². The summed E-state index contributed by atoms with van der Waals surface area (Å²) in [7, 11) is -4.00. The molecule has 2 aromatic carbocycles. The van der Waals surface area contributed by atoms with Crippen molar-refractivity contribution in [1.82, 2.24) is 15.3 Å². The number of carbonyl (C=O) groups excluding carboxylic acids is 1. The second kappa shape index (κ2) is 10.9. The molecule has 168 valence electrons. The van der Waals surface area contributed by atoms with Gasteiger partial charge in [0.15, 0.2) is 10.1 Å². The van der Waals surface area contributed by atoms with Crippen molar-refractivity contribution in [3.05, 3.63) is 81.2 Å². The summed E-state index contributed by atoms with van der Waals surface area (Å²) in [4.78, 5) is 30.6. The van der Waals surface area contributed by atoms with Crippen molar-refractivity contribution in [2.24, 2.45) is 0 Å². The first-order valence-corrected chi connectivity index (χ1v) is 13.1. The van der Waals surface area contributed by atoms with Gasteiger partial charge in [-0.2, -0.15) is 0 Å². The number of carbonyl (C=O) groups is 1. The van der Waals surface area contributed by atoms with Gasteiger partial charge in [0.05, 0.1) is 16.8 Å². The summed E-state index contributed by atoms with van der Waals surface area (Å²) in [6, 6.07) is 16.0. The van der Waals surface area contributed by atoms with E-state index in [1.165, 1.54) is 17.7 Å². The quantitative estimate of drug-likeness (QED) is 0.320. The van der Waals surface area contributed by atoms with Crippen LogP contribution in [-0.2, 0) is 21.1 Å². The molecule has 1 atom stereocenters. The molecule has 3 rings (SSSR count). The summed E-state index contributed by atoms with van der Waals surface area (Å²) in [5.74, 6) is -0.137. The molecular weight excluding hydrogens is 514 g/mol. The van der Waals surface area contributed by atoms with E-state index in [0.29, 0.717) is 0 Å². The molecule has 0 unspecified atom stereocenters. The SMILES string of the molecule is C[C@@H](CCc1ccccc1)NC(=O)CSc1ncc(S(=O)(=O)c2ccc(Br)cc2)c(=O)[nH]1. The zero-order valence-electron chi connectivity index (χ0n) is 17.2. The Balaban J connectivity index is 1.55. The molecule has 0 aliphatic carbocycles.